The van der Waals surface area contributed by atoms with Gasteiger partial charge in [-0.1, -0.05) is 30.3 Å². The molecule has 0 N–H and O–H groups in total. The lowest BCUT2D eigenvalue weighted by Gasteiger charge is -2.09. The minimum atomic E-state index is -0.657. The van der Waals surface area contributed by atoms with Gasteiger partial charge in [0.15, 0.2) is 0 Å². The number of aromatic nitrogens is 1. The standard InChI is InChI=1S/C21H18N2O3/c1-25-11-12-26-21(24)18(15-22)14-19-7-4-10-23(19)20-9-8-16-5-2-3-6-17(16)13-20/h2-10,13-14H,11-12H2,1H3/b18-14+. The van der Waals surface area contributed by atoms with E-state index in [4.69, 9.17) is 9.47 Å². The van der Waals surface area contributed by atoms with Gasteiger partial charge in [0.25, 0.3) is 0 Å². The van der Waals surface area contributed by atoms with Crippen molar-refractivity contribution in [2.75, 3.05) is 20.3 Å². The Morgan fingerprint density at radius 2 is 1.92 bits per heavy atom. The Labute approximate surface area is 151 Å². The third-order valence-corrected chi connectivity index (χ3v) is 3.94. The highest BCUT2D eigenvalue weighted by Gasteiger charge is 2.12. The molecule has 1 heterocycles. The number of fused-ring (bicyclic) bond motifs is 1. The fourth-order valence-electron chi connectivity index (χ4n) is 2.65. The van der Waals surface area contributed by atoms with Gasteiger partial charge in [-0.15, -0.1) is 0 Å². The van der Waals surface area contributed by atoms with Gasteiger partial charge >= 0.3 is 5.97 Å². The molecule has 130 valence electrons. The lowest BCUT2D eigenvalue weighted by atomic mass is 10.1. The average Bonchev–Trinajstić information content (AvgIpc) is 3.14. The zero-order chi connectivity index (χ0) is 18.4. The number of benzene rings is 2. The van der Waals surface area contributed by atoms with Crippen molar-refractivity contribution in [1.82, 2.24) is 4.57 Å². The van der Waals surface area contributed by atoms with E-state index in [1.807, 2.05) is 59.3 Å². The second-order valence-corrected chi connectivity index (χ2v) is 5.63. The van der Waals surface area contributed by atoms with E-state index < -0.39 is 5.97 Å². The van der Waals surface area contributed by atoms with Crippen LogP contribution in [0.1, 0.15) is 5.69 Å². The molecule has 5 heteroatoms. The van der Waals surface area contributed by atoms with Crippen LogP contribution in [0, 0.1) is 11.3 Å². The lowest BCUT2D eigenvalue weighted by molar-refractivity contribution is -0.139. The van der Waals surface area contributed by atoms with Gasteiger partial charge in [0.2, 0.25) is 0 Å². The third kappa shape index (κ3) is 3.82. The Balaban J connectivity index is 1.91. The van der Waals surface area contributed by atoms with Crippen LogP contribution in [0.2, 0.25) is 0 Å². The molecule has 0 saturated heterocycles. The highest BCUT2D eigenvalue weighted by Crippen LogP contribution is 2.21. The van der Waals surface area contributed by atoms with Gasteiger partial charge in [-0.2, -0.15) is 5.26 Å². The number of hydrogen-bond donors (Lipinski definition) is 0. The molecule has 0 aliphatic rings. The quantitative estimate of drug-likeness (QED) is 0.295. The van der Waals surface area contributed by atoms with Gasteiger partial charge in [0, 0.05) is 24.7 Å². The minimum absolute atomic E-state index is 0.0538. The molecular formula is C21H18N2O3. The van der Waals surface area contributed by atoms with Crippen LogP contribution >= 0.6 is 0 Å². The zero-order valence-electron chi connectivity index (χ0n) is 14.4. The number of nitriles is 1. The van der Waals surface area contributed by atoms with Crippen molar-refractivity contribution in [1.29, 1.82) is 5.26 Å². The smallest absolute Gasteiger partial charge is 0.349 e. The Morgan fingerprint density at radius 3 is 2.69 bits per heavy atom. The lowest BCUT2D eigenvalue weighted by Crippen LogP contribution is -2.11. The molecule has 2 aromatic carbocycles. The van der Waals surface area contributed by atoms with Crippen LogP contribution in [0.3, 0.4) is 0 Å². The molecule has 0 aliphatic carbocycles. The molecule has 0 unspecified atom stereocenters. The summed E-state index contributed by atoms with van der Waals surface area (Å²) in [6, 6.07) is 19.8. The number of esters is 1. The van der Waals surface area contributed by atoms with Gasteiger partial charge in [0.05, 0.1) is 6.61 Å². The number of nitrogens with zero attached hydrogens (tertiary/aromatic N) is 2. The summed E-state index contributed by atoms with van der Waals surface area (Å²) in [6.45, 7) is 0.401. The van der Waals surface area contributed by atoms with Crippen molar-refractivity contribution in [3.63, 3.8) is 0 Å². The van der Waals surface area contributed by atoms with Crippen LogP contribution in [0.4, 0.5) is 0 Å². The summed E-state index contributed by atoms with van der Waals surface area (Å²) < 4.78 is 11.8. The molecule has 0 amide bonds. The Kier molecular flexibility index (Phi) is 5.47. The summed E-state index contributed by atoms with van der Waals surface area (Å²) in [5, 5.41) is 11.6. The van der Waals surface area contributed by atoms with Crippen LogP contribution in [0.5, 0.6) is 0 Å². The molecule has 0 aliphatic heterocycles. The van der Waals surface area contributed by atoms with E-state index in [1.54, 1.807) is 0 Å². The van der Waals surface area contributed by atoms with Gasteiger partial charge < -0.3 is 14.0 Å². The normalized spacial score (nSPS) is 11.3. The number of carbonyl (C=O) groups excluding carboxylic acids is 1. The zero-order valence-corrected chi connectivity index (χ0v) is 14.4. The molecule has 0 bridgehead atoms. The monoisotopic (exact) mass is 346 g/mol. The Bertz CT molecular complexity index is 996. The molecular weight excluding hydrogens is 328 g/mol. The SMILES string of the molecule is COCCOC(=O)/C(C#N)=C/c1cccn1-c1ccc2ccccc2c1. The van der Waals surface area contributed by atoms with E-state index >= 15 is 0 Å². The number of rotatable bonds is 6. The molecule has 3 rings (SSSR count). The first kappa shape index (κ1) is 17.5. The predicted molar refractivity (Wildman–Crippen MR) is 99.7 cm³/mol. The molecule has 26 heavy (non-hydrogen) atoms. The maximum absolute atomic E-state index is 12.0. The fourth-order valence-corrected chi connectivity index (χ4v) is 2.65. The van der Waals surface area contributed by atoms with Crippen LogP contribution in [0.25, 0.3) is 22.5 Å². The highest BCUT2D eigenvalue weighted by atomic mass is 16.6. The van der Waals surface area contributed by atoms with Crippen molar-refractivity contribution in [3.05, 3.63) is 72.1 Å². The highest BCUT2D eigenvalue weighted by molar-refractivity contribution is 5.97. The molecule has 1 aromatic heterocycles. The van der Waals surface area contributed by atoms with Crippen LogP contribution in [-0.4, -0.2) is 30.9 Å². The van der Waals surface area contributed by atoms with Crippen LogP contribution < -0.4 is 0 Å². The fraction of sp³-hybridized carbons (Fsp3) is 0.143. The average molecular weight is 346 g/mol. The van der Waals surface area contributed by atoms with Crippen molar-refractivity contribution < 1.29 is 14.3 Å². The largest absolute Gasteiger partial charge is 0.459 e. The summed E-state index contributed by atoms with van der Waals surface area (Å²) in [5.74, 6) is -0.657. The van der Waals surface area contributed by atoms with E-state index in [2.05, 4.69) is 12.1 Å². The summed E-state index contributed by atoms with van der Waals surface area (Å²) in [5.41, 5.74) is 1.62. The first-order chi connectivity index (χ1) is 12.7. The Morgan fingerprint density at radius 1 is 1.12 bits per heavy atom. The van der Waals surface area contributed by atoms with Gasteiger partial charge in [-0.25, -0.2) is 4.79 Å². The summed E-state index contributed by atoms with van der Waals surface area (Å²) in [7, 11) is 1.52. The van der Waals surface area contributed by atoms with Gasteiger partial charge in [-0.05, 0) is 41.1 Å². The van der Waals surface area contributed by atoms with E-state index in [0.29, 0.717) is 0 Å². The second kappa shape index (κ2) is 8.15. The van der Waals surface area contributed by atoms with Crippen molar-refractivity contribution in [3.8, 4) is 11.8 Å². The number of methoxy groups -OCH3 is 1. The topological polar surface area (TPSA) is 64.2 Å². The molecule has 3 aromatic rings. The molecule has 0 atom stereocenters. The molecule has 0 fully saturated rings. The molecule has 0 saturated carbocycles. The van der Waals surface area contributed by atoms with E-state index in [-0.39, 0.29) is 18.8 Å². The van der Waals surface area contributed by atoms with Crippen molar-refractivity contribution in [2.24, 2.45) is 0 Å². The Hall–Kier alpha value is -3.36. The number of hydrogen-bond acceptors (Lipinski definition) is 4. The summed E-state index contributed by atoms with van der Waals surface area (Å²) in [4.78, 5) is 12.0. The molecule has 0 spiro atoms. The third-order valence-electron chi connectivity index (χ3n) is 3.94. The first-order valence-corrected chi connectivity index (χ1v) is 8.17. The minimum Gasteiger partial charge on any atom is -0.459 e. The van der Waals surface area contributed by atoms with Crippen LogP contribution in [0.15, 0.2) is 66.4 Å². The van der Waals surface area contributed by atoms with E-state index in [1.165, 1.54) is 13.2 Å². The predicted octanol–water partition coefficient (Wildman–Crippen LogP) is 3.73. The van der Waals surface area contributed by atoms with E-state index in [0.717, 1.165) is 22.2 Å². The van der Waals surface area contributed by atoms with Crippen molar-refractivity contribution >= 4 is 22.8 Å². The van der Waals surface area contributed by atoms with Gasteiger partial charge in [0.1, 0.15) is 18.2 Å². The van der Waals surface area contributed by atoms with Crippen molar-refractivity contribution in [2.45, 2.75) is 0 Å². The maximum Gasteiger partial charge on any atom is 0.349 e. The summed E-state index contributed by atoms with van der Waals surface area (Å²) in [6.07, 6.45) is 3.42. The maximum atomic E-state index is 12.0. The number of carbonyl (C=O) groups is 1. The first-order valence-electron chi connectivity index (χ1n) is 8.17. The molecule has 0 radical (unpaired) electrons. The molecule has 5 nitrogen and oxygen atoms in total. The van der Waals surface area contributed by atoms with Gasteiger partial charge in [-0.3, -0.25) is 0 Å². The number of ether oxygens (including phenoxy) is 2. The summed E-state index contributed by atoms with van der Waals surface area (Å²) >= 11 is 0. The second-order valence-electron chi connectivity index (χ2n) is 5.63. The van der Waals surface area contributed by atoms with E-state index in [9.17, 15) is 10.1 Å². The van der Waals surface area contributed by atoms with Crippen LogP contribution in [-0.2, 0) is 14.3 Å².